The quantitative estimate of drug-likeness (QED) is 0.506. The van der Waals surface area contributed by atoms with Crippen LogP contribution in [0.15, 0.2) is 42.5 Å². The molecule has 0 aliphatic rings. The average Bonchev–Trinajstić information content (AvgIpc) is 2.39. The fourth-order valence-electron chi connectivity index (χ4n) is 1.67. The van der Waals surface area contributed by atoms with Gasteiger partial charge in [0.15, 0.2) is 0 Å². The second-order valence-corrected chi connectivity index (χ2v) is 4.94. The van der Waals surface area contributed by atoms with Crippen molar-refractivity contribution in [2.75, 3.05) is 5.33 Å². The van der Waals surface area contributed by atoms with Gasteiger partial charge in [0.1, 0.15) is 11.6 Å². The SMILES string of the molecule is Fc1ccc(C(=Cc2ccc(F)cc2Cl)CBr)cc1. The van der Waals surface area contributed by atoms with E-state index in [1.54, 1.807) is 18.2 Å². The van der Waals surface area contributed by atoms with Gasteiger partial charge in [0.05, 0.1) is 5.02 Å². The summed E-state index contributed by atoms with van der Waals surface area (Å²) < 4.78 is 25.9. The zero-order valence-corrected chi connectivity index (χ0v) is 12.2. The van der Waals surface area contributed by atoms with E-state index in [0.717, 1.165) is 16.7 Å². The van der Waals surface area contributed by atoms with Gasteiger partial charge in [-0.3, -0.25) is 0 Å². The molecule has 19 heavy (non-hydrogen) atoms. The maximum Gasteiger partial charge on any atom is 0.124 e. The summed E-state index contributed by atoms with van der Waals surface area (Å²) in [5.74, 6) is -0.651. The summed E-state index contributed by atoms with van der Waals surface area (Å²) in [5.41, 5.74) is 2.55. The van der Waals surface area contributed by atoms with Gasteiger partial charge < -0.3 is 0 Å². The molecule has 2 aromatic rings. The molecule has 0 fully saturated rings. The fraction of sp³-hybridized carbons (Fsp3) is 0.0667. The average molecular weight is 344 g/mol. The van der Waals surface area contributed by atoms with Crippen LogP contribution >= 0.6 is 27.5 Å². The standard InChI is InChI=1S/C15H10BrClF2/c16-9-12(10-1-4-13(18)5-2-10)7-11-3-6-14(19)8-15(11)17/h1-8H,9H2. The lowest BCUT2D eigenvalue weighted by atomic mass is 10.0. The highest BCUT2D eigenvalue weighted by Crippen LogP contribution is 2.25. The minimum atomic E-state index is -0.371. The summed E-state index contributed by atoms with van der Waals surface area (Å²) in [6, 6.07) is 10.4. The van der Waals surface area contributed by atoms with Gasteiger partial charge in [-0.25, -0.2) is 8.78 Å². The predicted molar refractivity (Wildman–Crippen MR) is 79.5 cm³/mol. The van der Waals surface area contributed by atoms with E-state index in [0.29, 0.717) is 10.4 Å². The molecule has 0 saturated carbocycles. The van der Waals surface area contributed by atoms with Crippen LogP contribution in [0.25, 0.3) is 11.6 Å². The molecule has 0 bridgehead atoms. The minimum absolute atomic E-state index is 0.280. The Labute approximate surface area is 123 Å². The smallest absolute Gasteiger partial charge is 0.124 e. The van der Waals surface area contributed by atoms with Crippen molar-refractivity contribution in [2.24, 2.45) is 0 Å². The Kier molecular flexibility index (Phi) is 4.72. The Morgan fingerprint density at radius 2 is 1.68 bits per heavy atom. The highest BCUT2D eigenvalue weighted by Gasteiger charge is 2.04. The first-order chi connectivity index (χ1) is 9.10. The van der Waals surface area contributed by atoms with Gasteiger partial charge in [-0.05, 0) is 47.0 Å². The molecule has 0 aliphatic carbocycles. The highest BCUT2D eigenvalue weighted by molar-refractivity contribution is 9.09. The Morgan fingerprint density at radius 3 is 2.26 bits per heavy atom. The minimum Gasteiger partial charge on any atom is -0.207 e. The van der Waals surface area contributed by atoms with Crippen molar-refractivity contribution >= 4 is 39.2 Å². The molecule has 0 N–H and O–H groups in total. The van der Waals surface area contributed by atoms with Gasteiger partial charge in [-0.1, -0.05) is 45.7 Å². The molecule has 0 nitrogen and oxygen atoms in total. The third-order valence-corrected chi connectivity index (χ3v) is 3.58. The van der Waals surface area contributed by atoms with Crippen LogP contribution in [0.5, 0.6) is 0 Å². The first-order valence-corrected chi connectivity index (χ1v) is 7.07. The second kappa shape index (κ2) is 6.31. The van der Waals surface area contributed by atoms with E-state index in [4.69, 9.17) is 11.6 Å². The van der Waals surface area contributed by atoms with Crippen LogP contribution in [-0.2, 0) is 0 Å². The van der Waals surface area contributed by atoms with E-state index < -0.39 is 0 Å². The first-order valence-electron chi connectivity index (χ1n) is 5.57. The third kappa shape index (κ3) is 3.64. The maximum absolute atomic E-state index is 13.0. The van der Waals surface area contributed by atoms with Crippen LogP contribution in [0.4, 0.5) is 8.78 Å². The summed E-state index contributed by atoms with van der Waals surface area (Å²) in [6.45, 7) is 0. The highest BCUT2D eigenvalue weighted by atomic mass is 79.9. The van der Waals surface area contributed by atoms with Crippen LogP contribution in [0.3, 0.4) is 0 Å². The van der Waals surface area contributed by atoms with Crippen molar-refractivity contribution in [3.8, 4) is 0 Å². The normalized spacial score (nSPS) is 11.7. The lowest BCUT2D eigenvalue weighted by Crippen LogP contribution is -1.88. The van der Waals surface area contributed by atoms with E-state index >= 15 is 0 Å². The summed E-state index contributed by atoms with van der Waals surface area (Å²) in [7, 11) is 0. The predicted octanol–water partition coefficient (Wildman–Crippen LogP) is 5.55. The molecule has 2 rings (SSSR count). The van der Waals surface area contributed by atoms with Crippen molar-refractivity contribution in [3.05, 3.63) is 70.2 Å². The molecule has 2 aromatic carbocycles. The Hall–Kier alpha value is -1.19. The molecule has 0 spiro atoms. The lowest BCUT2D eigenvalue weighted by Gasteiger charge is -2.06. The van der Waals surface area contributed by atoms with Gasteiger partial charge in [0.2, 0.25) is 0 Å². The van der Waals surface area contributed by atoms with Gasteiger partial charge in [0, 0.05) is 5.33 Å². The maximum atomic E-state index is 13.0. The van der Waals surface area contributed by atoms with Gasteiger partial charge in [-0.2, -0.15) is 0 Å². The number of rotatable bonds is 3. The number of hydrogen-bond acceptors (Lipinski definition) is 0. The Morgan fingerprint density at radius 1 is 1.05 bits per heavy atom. The van der Waals surface area contributed by atoms with Crippen molar-refractivity contribution < 1.29 is 8.78 Å². The second-order valence-electron chi connectivity index (χ2n) is 3.98. The first kappa shape index (κ1) is 14.2. The lowest BCUT2D eigenvalue weighted by molar-refractivity contribution is 0.627. The third-order valence-electron chi connectivity index (χ3n) is 2.65. The number of benzene rings is 2. The van der Waals surface area contributed by atoms with Crippen LogP contribution in [-0.4, -0.2) is 5.33 Å². The number of alkyl halides is 1. The monoisotopic (exact) mass is 342 g/mol. The van der Waals surface area contributed by atoms with E-state index in [9.17, 15) is 8.78 Å². The van der Waals surface area contributed by atoms with Crippen molar-refractivity contribution in [1.29, 1.82) is 0 Å². The molecule has 0 amide bonds. The molecule has 4 heteroatoms. The molecule has 0 saturated heterocycles. The number of hydrogen-bond donors (Lipinski definition) is 0. The van der Waals surface area contributed by atoms with Gasteiger partial charge >= 0.3 is 0 Å². The summed E-state index contributed by atoms with van der Waals surface area (Å²) in [5, 5.41) is 0.937. The number of halogens is 4. The largest absolute Gasteiger partial charge is 0.207 e. The molecule has 0 aliphatic heterocycles. The topological polar surface area (TPSA) is 0 Å². The molecular formula is C15H10BrClF2. The van der Waals surface area contributed by atoms with E-state index in [-0.39, 0.29) is 11.6 Å². The van der Waals surface area contributed by atoms with E-state index in [1.165, 1.54) is 24.3 Å². The molecule has 0 atom stereocenters. The molecule has 0 radical (unpaired) electrons. The Balaban J connectivity index is 2.40. The molecule has 0 heterocycles. The molecule has 0 aromatic heterocycles. The van der Waals surface area contributed by atoms with Crippen LogP contribution in [0.2, 0.25) is 5.02 Å². The van der Waals surface area contributed by atoms with E-state index in [2.05, 4.69) is 15.9 Å². The zero-order valence-electron chi connectivity index (χ0n) is 9.84. The van der Waals surface area contributed by atoms with E-state index in [1.807, 2.05) is 6.08 Å². The molecule has 0 unspecified atom stereocenters. The summed E-state index contributed by atoms with van der Waals surface area (Å²) >= 11 is 9.37. The van der Waals surface area contributed by atoms with Crippen molar-refractivity contribution in [2.45, 2.75) is 0 Å². The van der Waals surface area contributed by atoms with Gasteiger partial charge in [0.25, 0.3) is 0 Å². The summed E-state index contributed by atoms with van der Waals surface area (Å²) in [6.07, 6.45) is 1.85. The number of allylic oxidation sites excluding steroid dienone is 1. The zero-order chi connectivity index (χ0) is 13.8. The van der Waals surface area contributed by atoms with Crippen LogP contribution < -0.4 is 0 Å². The fourth-order valence-corrected chi connectivity index (χ4v) is 2.38. The summed E-state index contributed by atoms with van der Waals surface area (Å²) in [4.78, 5) is 0. The van der Waals surface area contributed by atoms with Crippen LogP contribution in [0, 0.1) is 11.6 Å². The molecule has 98 valence electrons. The van der Waals surface area contributed by atoms with Crippen molar-refractivity contribution in [3.63, 3.8) is 0 Å². The van der Waals surface area contributed by atoms with Crippen LogP contribution in [0.1, 0.15) is 11.1 Å². The Bertz CT molecular complexity index is 606. The molecular weight excluding hydrogens is 334 g/mol. The van der Waals surface area contributed by atoms with Gasteiger partial charge in [-0.15, -0.1) is 0 Å². The van der Waals surface area contributed by atoms with Crippen molar-refractivity contribution in [1.82, 2.24) is 0 Å².